The van der Waals surface area contributed by atoms with Crippen LogP contribution in [0.3, 0.4) is 0 Å². The molecule has 1 fully saturated rings. The van der Waals surface area contributed by atoms with Gasteiger partial charge in [-0.2, -0.15) is 4.31 Å². The fourth-order valence-corrected chi connectivity index (χ4v) is 5.14. The molecular weight excluding hydrogens is 393 g/mol. The van der Waals surface area contributed by atoms with Crippen molar-refractivity contribution in [3.05, 3.63) is 66.0 Å². The van der Waals surface area contributed by atoms with E-state index in [1.807, 2.05) is 37.3 Å². The van der Waals surface area contributed by atoms with Gasteiger partial charge in [0.25, 0.3) is 5.91 Å². The largest absolute Gasteiger partial charge is 0.336 e. The van der Waals surface area contributed by atoms with Gasteiger partial charge in [0.2, 0.25) is 10.0 Å². The Labute approximate surface area is 171 Å². The molecule has 0 bridgehead atoms. The van der Waals surface area contributed by atoms with Crippen molar-refractivity contribution < 1.29 is 22.5 Å². The number of carbonyl (C=O) groups excluding carboxylic acids is 1. The van der Waals surface area contributed by atoms with Crippen molar-refractivity contribution in [3.63, 3.8) is 0 Å². The highest BCUT2D eigenvalue weighted by atomic mass is 32.2. The first-order valence-electron chi connectivity index (χ1n) is 9.68. The molecule has 1 aliphatic heterocycles. The standard InChI is InChI=1S/C21H26FN3O3S/c1-17(21(26)23(2)16-18-7-4-3-5-8-18)24-11-13-25(14-12-24)29(27,28)20-10-6-9-19(22)15-20/h3-10,15,17H,11-14,16H2,1-2H3/p+1/t17-/m0/s1. The summed E-state index contributed by atoms with van der Waals surface area (Å²) in [4.78, 5) is 15.5. The van der Waals surface area contributed by atoms with E-state index >= 15 is 0 Å². The summed E-state index contributed by atoms with van der Waals surface area (Å²) in [6.45, 7) is 4.08. The maximum Gasteiger partial charge on any atom is 0.280 e. The van der Waals surface area contributed by atoms with Crippen LogP contribution in [0.4, 0.5) is 4.39 Å². The molecule has 1 amide bonds. The summed E-state index contributed by atoms with van der Waals surface area (Å²) >= 11 is 0. The third-order valence-corrected chi connectivity index (χ3v) is 7.31. The second-order valence-electron chi connectivity index (χ2n) is 7.42. The molecule has 0 saturated carbocycles. The molecule has 2 aromatic carbocycles. The smallest absolute Gasteiger partial charge is 0.280 e. The molecule has 1 saturated heterocycles. The van der Waals surface area contributed by atoms with Gasteiger partial charge in [-0.25, -0.2) is 12.8 Å². The van der Waals surface area contributed by atoms with Crippen LogP contribution in [-0.4, -0.2) is 62.8 Å². The van der Waals surface area contributed by atoms with Gasteiger partial charge in [-0.3, -0.25) is 4.79 Å². The first-order chi connectivity index (χ1) is 13.8. The number of hydrogen-bond donors (Lipinski definition) is 1. The lowest BCUT2D eigenvalue weighted by atomic mass is 10.2. The van der Waals surface area contributed by atoms with Gasteiger partial charge in [0, 0.05) is 13.6 Å². The fraction of sp³-hybridized carbons (Fsp3) is 0.381. The number of likely N-dealkylation sites (N-methyl/N-ethyl adjacent to an activating group) is 1. The van der Waals surface area contributed by atoms with E-state index in [4.69, 9.17) is 0 Å². The molecule has 156 valence electrons. The van der Waals surface area contributed by atoms with Gasteiger partial charge in [0.1, 0.15) is 5.82 Å². The first kappa shape index (κ1) is 21.4. The van der Waals surface area contributed by atoms with Gasteiger partial charge in [-0.05, 0) is 30.7 Å². The van der Waals surface area contributed by atoms with Gasteiger partial charge in [-0.1, -0.05) is 36.4 Å². The first-order valence-corrected chi connectivity index (χ1v) is 11.1. The molecule has 0 radical (unpaired) electrons. The van der Waals surface area contributed by atoms with Crippen LogP contribution in [0.25, 0.3) is 0 Å². The van der Waals surface area contributed by atoms with E-state index in [0.717, 1.165) is 16.5 Å². The molecule has 3 rings (SSSR count). The summed E-state index contributed by atoms with van der Waals surface area (Å²) in [7, 11) is -1.94. The van der Waals surface area contributed by atoms with E-state index in [2.05, 4.69) is 0 Å². The van der Waals surface area contributed by atoms with Gasteiger partial charge in [0.05, 0.1) is 31.1 Å². The number of amides is 1. The van der Waals surface area contributed by atoms with Crippen molar-refractivity contribution in [2.24, 2.45) is 0 Å². The summed E-state index contributed by atoms with van der Waals surface area (Å²) in [6.07, 6.45) is 0. The van der Waals surface area contributed by atoms with Crippen LogP contribution >= 0.6 is 0 Å². The molecule has 1 atom stereocenters. The Balaban J connectivity index is 1.59. The number of piperazine rings is 1. The molecule has 8 heteroatoms. The minimum Gasteiger partial charge on any atom is -0.336 e. The molecule has 1 N–H and O–H groups in total. The number of rotatable bonds is 6. The molecule has 0 aromatic heterocycles. The predicted molar refractivity (Wildman–Crippen MR) is 108 cm³/mol. The molecule has 29 heavy (non-hydrogen) atoms. The topological polar surface area (TPSA) is 62.1 Å². The van der Waals surface area contributed by atoms with Crippen LogP contribution in [0.1, 0.15) is 12.5 Å². The zero-order chi connectivity index (χ0) is 21.0. The Morgan fingerprint density at radius 3 is 2.41 bits per heavy atom. The number of sulfonamides is 1. The van der Waals surface area contributed by atoms with Crippen LogP contribution in [0.5, 0.6) is 0 Å². The lowest BCUT2D eigenvalue weighted by Gasteiger charge is -2.35. The Bertz CT molecular complexity index is 945. The predicted octanol–water partition coefficient (Wildman–Crippen LogP) is 0.762. The molecule has 0 aliphatic carbocycles. The Morgan fingerprint density at radius 1 is 1.14 bits per heavy atom. The van der Waals surface area contributed by atoms with Crippen molar-refractivity contribution >= 4 is 15.9 Å². The van der Waals surface area contributed by atoms with E-state index in [0.29, 0.717) is 32.7 Å². The van der Waals surface area contributed by atoms with E-state index in [1.165, 1.54) is 22.5 Å². The van der Waals surface area contributed by atoms with Gasteiger partial charge >= 0.3 is 0 Å². The maximum absolute atomic E-state index is 13.4. The van der Waals surface area contributed by atoms with E-state index in [9.17, 15) is 17.6 Å². The van der Waals surface area contributed by atoms with Gasteiger partial charge < -0.3 is 9.80 Å². The highest BCUT2D eigenvalue weighted by Crippen LogP contribution is 2.16. The maximum atomic E-state index is 13.4. The monoisotopic (exact) mass is 420 g/mol. The number of benzene rings is 2. The van der Waals surface area contributed by atoms with E-state index < -0.39 is 15.8 Å². The average molecular weight is 421 g/mol. The quantitative estimate of drug-likeness (QED) is 0.751. The van der Waals surface area contributed by atoms with Gasteiger partial charge in [0.15, 0.2) is 6.04 Å². The minimum atomic E-state index is -3.73. The summed E-state index contributed by atoms with van der Waals surface area (Å²) < 4.78 is 40.3. The summed E-state index contributed by atoms with van der Waals surface area (Å²) in [5.74, 6) is -0.540. The van der Waals surface area contributed by atoms with E-state index in [1.54, 1.807) is 11.9 Å². The fourth-order valence-electron chi connectivity index (χ4n) is 3.66. The van der Waals surface area contributed by atoms with Crippen LogP contribution in [0, 0.1) is 5.82 Å². The Kier molecular flexibility index (Phi) is 6.66. The van der Waals surface area contributed by atoms with Crippen molar-refractivity contribution in [3.8, 4) is 0 Å². The number of nitrogens with one attached hydrogen (secondary N) is 1. The number of quaternary nitrogens is 1. The highest BCUT2D eigenvalue weighted by molar-refractivity contribution is 7.89. The second-order valence-corrected chi connectivity index (χ2v) is 9.36. The van der Waals surface area contributed by atoms with Crippen LogP contribution in [0.15, 0.2) is 59.5 Å². The highest BCUT2D eigenvalue weighted by Gasteiger charge is 2.35. The second kappa shape index (κ2) is 9.02. The Hall–Kier alpha value is -2.29. The number of carbonyl (C=O) groups is 1. The SMILES string of the molecule is C[C@@H](C(=O)N(C)Cc1ccccc1)[NH+]1CCN(S(=O)(=O)c2cccc(F)c2)CC1. The van der Waals surface area contributed by atoms with Crippen molar-refractivity contribution in [2.75, 3.05) is 33.2 Å². The van der Waals surface area contributed by atoms with Crippen molar-refractivity contribution in [1.82, 2.24) is 9.21 Å². The zero-order valence-electron chi connectivity index (χ0n) is 16.7. The van der Waals surface area contributed by atoms with Gasteiger partial charge in [-0.15, -0.1) is 0 Å². The molecule has 6 nitrogen and oxygen atoms in total. The summed E-state index contributed by atoms with van der Waals surface area (Å²) in [6, 6.07) is 14.6. The van der Waals surface area contributed by atoms with Crippen LogP contribution in [0.2, 0.25) is 0 Å². The lowest BCUT2D eigenvalue weighted by Crippen LogP contribution is -3.19. The molecule has 2 aromatic rings. The van der Waals surface area contributed by atoms with Crippen molar-refractivity contribution in [2.45, 2.75) is 24.4 Å². The molecule has 1 heterocycles. The van der Waals surface area contributed by atoms with Crippen LogP contribution < -0.4 is 4.90 Å². The average Bonchev–Trinajstić information content (AvgIpc) is 2.73. The van der Waals surface area contributed by atoms with Crippen molar-refractivity contribution in [1.29, 1.82) is 0 Å². The lowest BCUT2D eigenvalue weighted by molar-refractivity contribution is -0.918. The number of hydrogen-bond acceptors (Lipinski definition) is 3. The third kappa shape index (κ3) is 5.01. The van der Waals surface area contributed by atoms with E-state index in [-0.39, 0.29) is 16.8 Å². The molecular formula is C21H27FN3O3S+. The number of halogens is 1. The molecule has 0 spiro atoms. The summed E-state index contributed by atoms with van der Waals surface area (Å²) in [5.41, 5.74) is 1.07. The minimum absolute atomic E-state index is 0.0327. The third-order valence-electron chi connectivity index (χ3n) is 5.42. The molecule has 0 unspecified atom stereocenters. The Morgan fingerprint density at radius 2 is 1.79 bits per heavy atom. The van der Waals surface area contributed by atoms with Crippen LogP contribution in [-0.2, 0) is 21.4 Å². The normalized spacial score (nSPS) is 17.1. The summed E-state index contributed by atoms with van der Waals surface area (Å²) in [5, 5.41) is 0. The zero-order valence-corrected chi connectivity index (χ0v) is 17.5. The molecule has 1 aliphatic rings. The number of nitrogens with zero attached hydrogens (tertiary/aromatic N) is 2.